The summed E-state index contributed by atoms with van der Waals surface area (Å²) in [7, 11) is 0. The van der Waals surface area contributed by atoms with Crippen LogP contribution in [0.4, 0.5) is 5.82 Å². The molecule has 0 aliphatic carbocycles. The van der Waals surface area contributed by atoms with Crippen LogP contribution < -0.4 is 5.56 Å². The molecule has 0 radical (unpaired) electrons. The zero-order valence-electron chi connectivity index (χ0n) is 12.7. The van der Waals surface area contributed by atoms with E-state index < -0.39 is 0 Å². The molecule has 2 aromatic heterocycles. The van der Waals surface area contributed by atoms with Gasteiger partial charge < -0.3 is 4.98 Å². The number of nitrogens with one attached hydrogen (secondary N) is 1. The molecule has 0 saturated carbocycles. The summed E-state index contributed by atoms with van der Waals surface area (Å²) >= 11 is 7.86. The van der Waals surface area contributed by atoms with Crippen molar-refractivity contribution in [2.24, 2.45) is 4.99 Å². The summed E-state index contributed by atoms with van der Waals surface area (Å²) in [4.78, 5) is 19.6. The van der Waals surface area contributed by atoms with Crippen molar-refractivity contribution in [3.05, 3.63) is 75.3 Å². The van der Waals surface area contributed by atoms with Crippen LogP contribution in [-0.2, 0) is 0 Å². The number of hydrogen-bond acceptors (Lipinski definition) is 4. The highest BCUT2D eigenvalue weighted by Crippen LogP contribution is 2.45. The second-order valence-electron chi connectivity index (χ2n) is 5.37. The molecule has 0 unspecified atom stereocenters. The summed E-state index contributed by atoms with van der Waals surface area (Å²) in [6, 6.07) is 11.2. The molecule has 0 spiro atoms. The van der Waals surface area contributed by atoms with E-state index in [0.717, 1.165) is 16.3 Å². The number of aromatic amines is 1. The quantitative estimate of drug-likeness (QED) is 0.751. The molecule has 0 fully saturated rings. The van der Waals surface area contributed by atoms with Crippen molar-refractivity contribution in [1.82, 2.24) is 14.8 Å². The first-order valence-electron chi connectivity index (χ1n) is 7.37. The number of para-hydroxylation sites is 1. The molecular weight excluding hydrogens is 344 g/mol. The number of halogens is 1. The number of aromatic nitrogens is 3. The third-order valence-electron chi connectivity index (χ3n) is 3.82. The standard InChI is InChI=1S/C17H13ClN4OS/c1-10-21-16-12(15(24-10)11-5-4-8-19-17(11)23)9-20-22(16)14-7-3-2-6-13(14)18/h2-9,15H,1H3,(H,19,23)/t15-/m0/s1. The summed E-state index contributed by atoms with van der Waals surface area (Å²) in [5, 5.41) is 5.81. The van der Waals surface area contributed by atoms with E-state index in [2.05, 4.69) is 15.1 Å². The van der Waals surface area contributed by atoms with Crippen molar-refractivity contribution in [3.8, 4) is 5.69 Å². The van der Waals surface area contributed by atoms with E-state index in [-0.39, 0.29) is 10.8 Å². The lowest BCUT2D eigenvalue weighted by atomic mass is 10.1. The molecule has 3 heterocycles. The lowest BCUT2D eigenvalue weighted by Gasteiger charge is -2.20. The number of aliphatic imine (C=N–C) groups is 1. The highest BCUT2D eigenvalue weighted by Gasteiger charge is 2.29. The van der Waals surface area contributed by atoms with E-state index in [9.17, 15) is 4.79 Å². The summed E-state index contributed by atoms with van der Waals surface area (Å²) in [5.74, 6) is 0.715. The van der Waals surface area contributed by atoms with Crippen LogP contribution in [0.1, 0.15) is 23.3 Å². The van der Waals surface area contributed by atoms with Crippen LogP contribution in [0.5, 0.6) is 0 Å². The van der Waals surface area contributed by atoms with Gasteiger partial charge in [-0.2, -0.15) is 5.10 Å². The Hall–Kier alpha value is -2.31. The predicted octanol–water partition coefficient (Wildman–Crippen LogP) is 4.10. The topological polar surface area (TPSA) is 63.0 Å². The third-order valence-corrected chi connectivity index (χ3v) is 5.31. The highest BCUT2D eigenvalue weighted by atomic mass is 35.5. The number of thioether (sulfide) groups is 1. The molecule has 0 saturated heterocycles. The van der Waals surface area contributed by atoms with Crippen LogP contribution in [-0.4, -0.2) is 19.8 Å². The van der Waals surface area contributed by atoms with E-state index in [1.807, 2.05) is 43.3 Å². The van der Waals surface area contributed by atoms with Gasteiger partial charge in [0.05, 0.1) is 27.2 Å². The largest absolute Gasteiger partial charge is 0.329 e. The minimum Gasteiger partial charge on any atom is -0.329 e. The molecular formula is C17H13ClN4OS. The van der Waals surface area contributed by atoms with Gasteiger partial charge in [-0.05, 0) is 25.1 Å². The Labute approximate surface area is 147 Å². The Bertz CT molecular complexity index is 1010. The number of pyridine rings is 1. The van der Waals surface area contributed by atoms with Crippen molar-refractivity contribution in [2.45, 2.75) is 12.2 Å². The monoisotopic (exact) mass is 356 g/mol. The lowest BCUT2D eigenvalue weighted by Crippen LogP contribution is -2.16. The number of nitrogens with zero attached hydrogens (tertiary/aromatic N) is 3. The second-order valence-corrected chi connectivity index (χ2v) is 7.08. The molecule has 7 heteroatoms. The van der Waals surface area contributed by atoms with E-state index in [4.69, 9.17) is 11.6 Å². The van der Waals surface area contributed by atoms with Crippen molar-refractivity contribution >= 4 is 34.2 Å². The molecule has 0 bridgehead atoms. The Balaban J connectivity index is 1.90. The second kappa shape index (κ2) is 5.96. The Kier molecular flexibility index (Phi) is 3.78. The number of rotatable bonds is 2. The number of benzene rings is 1. The summed E-state index contributed by atoms with van der Waals surface area (Å²) in [5.41, 5.74) is 2.27. The number of hydrogen-bond donors (Lipinski definition) is 1. The predicted molar refractivity (Wildman–Crippen MR) is 97.8 cm³/mol. The van der Waals surface area contributed by atoms with Crippen molar-refractivity contribution in [3.63, 3.8) is 0 Å². The molecule has 120 valence electrons. The molecule has 24 heavy (non-hydrogen) atoms. The molecule has 1 aromatic carbocycles. The van der Waals surface area contributed by atoms with Gasteiger partial charge in [-0.3, -0.25) is 4.79 Å². The van der Waals surface area contributed by atoms with Crippen LogP contribution in [0.2, 0.25) is 5.02 Å². The maximum atomic E-state index is 12.2. The van der Waals surface area contributed by atoms with Gasteiger partial charge in [0.15, 0.2) is 5.82 Å². The van der Waals surface area contributed by atoms with Crippen LogP contribution in [0.3, 0.4) is 0 Å². The molecule has 0 amide bonds. The van der Waals surface area contributed by atoms with E-state index in [1.54, 1.807) is 28.8 Å². The molecule has 1 atom stereocenters. The van der Waals surface area contributed by atoms with Crippen molar-refractivity contribution < 1.29 is 0 Å². The zero-order valence-corrected chi connectivity index (χ0v) is 14.3. The Morgan fingerprint density at radius 1 is 1.21 bits per heavy atom. The third kappa shape index (κ3) is 2.48. The normalized spacial score (nSPS) is 16.6. The average Bonchev–Trinajstić information content (AvgIpc) is 2.99. The van der Waals surface area contributed by atoms with Crippen molar-refractivity contribution in [1.29, 1.82) is 0 Å². The van der Waals surface area contributed by atoms with Crippen LogP contribution in [0.15, 0.2) is 58.6 Å². The summed E-state index contributed by atoms with van der Waals surface area (Å²) < 4.78 is 1.73. The SMILES string of the molecule is CC1=Nc2c(cnn2-c2ccccc2Cl)[C@H](c2ccc[nH]c2=O)S1. The minimum absolute atomic E-state index is 0.0962. The van der Waals surface area contributed by atoms with E-state index in [1.165, 1.54) is 0 Å². The van der Waals surface area contributed by atoms with Gasteiger partial charge in [0.25, 0.3) is 5.56 Å². The van der Waals surface area contributed by atoms with E-state index in [0.29, 0.717) is 16.4 Å². The van der Waals surface area contributed by atoms with Gasteiger partial charge in [-0.1, -0.05) is 41.6 Å². The molecule has 1 aliphatic rings. The molecule has 4 rings (SSSR count). The van der Waals surface area contributed by atoms with Crippen molar-refractivity contribution in [2.75, 3.05) is 0 Å². The first kappa shape index (κ1) is 15.2. The maximum Gasteiger partial charge on any atom is 0.252 e. The summed E-state index contributed by atoms with van der Waals surface area (Å²) in [6.07, 6.45) is 3.40. The van der Waals surface area contributed by atoms with Crippen LogP contribution in [0, 0.1) is 0 Å². The average molecular weight is 357 g/mol. The van der Waals surface area contributed by atoms with Gasteiger partial charge >= 0.3 is 0 Å². The number of H-pyrrole nitrogens is 1. The van der Waals surface area contributed by atoms with Crippen LogP contribution >= 0.6 is 23.4 Å². The molecule has 1 N–H and O–H groups in total. The summed E-state index contributed by atoms with van der Waals surface area (Å²) in [6.45, 7) is 1.93. The fourth-order valence-electron chi connectivity index (χ4n) is 2.73. The molecule has 3 aromatic rings. The first-order valence-corrected chi connectivity index (χ1v) is 8.63. The Morgan fingerprint density at radius 2 is 2.04 bits per heavy atom. The number of fused-ring (bicyclic) bond motifs is 1. The van der Waals surface area contributed by atoms with E-state index >= 15 is 0 Å². The lowest BCUT2D eigenvalue weighted by molar-refractivity contribution is 0.880. The highest BCUT2D eigenvalue weighted by molar-refractivity contribution is 8.14. The first-order chi connectivity index (χ1) is 11.6. The van der Waals surface area contributed by atoms with Gasteiger partial charge in [0.2, 0.25) is 0 Å². The fourth-order valence-corrected chi connectivity index (χ4v) is 4.03. The van der Waals surface area contributed by atoms with Gasteiger partial charge in [0, 0.05) is 17.3 Å². The smallest absolute Gasteiger partial charge is 0.252 e. The maximum absolute atomic E-state index is 12.2. The van der Waals surface area contributed by atoms with Crippen LogP contribution in [0.25, 0.3) is 5.69 Å². The molecule has 5 nitrogen and oxygen atoms in total. The fraction of sp³-hybridized carbons (Fsp3) is 0.118. The Morgan fingerprint density at radius 3 is 2.83 bits per heavy atom. The van der Waals surface area contributed by atoms with Gasteiger partial charge in [0.1, 0.15) is 0 Å². The molecule has 1 aliphatic heterocycles. The minimum atomic E-state index is -0.140. The van der Waals surface area contributed by atoms with Gasteiger partial charge in [-0.25, -0.2) is 9.67 Å². The van der Waals surface area contributed by atoms with Gasteiger partial charge in [-0.15, -0.1) is 0 Å². The zero-order chi connectivity index (χ0) is 16.7.